The first kappa shape index (κ1) is 13.1. The van der Waals surface area contributed by atoms with Gasteiger partial charge in [-0.05, 0) is 17.4 Å². The van der Waals surface area contributed by atoms with Crippen LogP contribution < -0.4 is 11.3 Å². The van der Waals surface area contributed by atoms with E-state index in [0.717, 1.165) is 12.8 Å². The third kappa shape index (κ3) is 7.72. The van der Waals surface area contributed by atoms with Gasteiger partial charge in [0.25, 0.3) is 0 Å². The molecule has 0 aliphatic heterocycles. The molecule has 0 aromatic heterocycles. The fraction of sp³-hybridized carbons (Fsp3) is 0.556. The van der Waals surface area contributed by atoms with Crippen LogP contribution in [0.25, 0.3) is 0 Å². The van der Waals surface area contributed by atoms with Crippen LogP contribution in [-0.4, -0.2) is 18.6 Å². The van der Waals surface area contributed by atoms with Gasteiger partial charge >= 0.3 is 0 Å². The van der Waals surface area contributed by atoms with Gasteiger partial charge in [-0.25, -0.2) is 10.5 Å². The number of nitrogens with two attached hydrogens (primary N) is 1. The smallest absolute Gasteiger partial charge is 0.0545 e. The Hall–Kier alpha value is -0.910. The molecule has 0 fully saturated rings. The maximum Gasteiger partial charge on any atom is 0.0545 e. The van der Waals surface area contributed by atoms with Gasteiger partial charge in [-0.15, -0.1) is 0 Å². The minimum atomic E-state index is 0.407. The van der Waals surface area contributed by atoms with E-state index in [9.17, 15) is 4.53 Å². The van der Waals surface area contributed by atoms with E-state index in [2.05, 4.69) is 17.4 Å². The topological polar surface area (TPSA) is 50.5 Å². The number of likely N-dealkylation sites (N-methyl/N-ethyl adjacent to an activating group) is 1. The lowest BCUT2D eigenvalue weighted by atomic mass is 10.3. The molecule has 0 aliphatic rings. The fourth-order valence-electron chi connectivity index (χ4n) is 0.930. The molecule has 4 nitrogen and oxygen atoms in total. The van der Waals surface area contributed by atoms with Gasteiger partial charge < -0.3 is 0 Å². The molecule has 0 aliphatic carbocycles. The monoisotopic (exact) mass is 203 g/mol. The van der Waals surface area contributed by atoms with Crippen molar-refractivity contribution in [1.29, 1.82) is 0 Å². The number of hydrogen-bond acceptors (Lipinski definition) is 4. The highest BCUT2D eigenvalue weighted by Gasteiger charge is 1.98. The Morgan fingerprint density at radius 2 is 2.29 bits per heavy atom. The molecule has 0 unspecified atom stereocenters. The van der Waals surface area contributed by atoms with E-state index in [1.165, 1.54) is 5.01 Å². The zero-order valence-electron chi connectivity index (χ0n) is 8.66. The Bertz CT molecular complexity index is 192. The molecule has 0 rings (SSSR count). The maximum absolute atomic E-state index is 11.5. The van der Waals surface area contributed by atoms with E-state index in [0.29, 0.717) is 12.2 Å². The molecule has 14 heavy (non-hydrogen) atoms. The van der Waals surface area contributed by atoms with Gasteiger partial charge in [0.15, 0.2) is 0 Å². The highest BCUT2D eigenvalue weighted by atomic mass is 19.3. The summed E-state index contributed by atoms with van der Waals surface area (Å²) >= 11 is 0. The Kier molecular flexibility index (Phi) is 8.11. The fourth-order valence-corrected chi connectivity index (χ4v) is 0.930. The molecule has 3 N–H and O–H groups in total. The van der Waals surface area contributed by atoms with Crippen LogP contribution >= 0.6 is 0 Å². The predicted molar refractivity (Wildman–Crippen MR) is 54.3 cm³/mol. The number of allylic oxidation sites excluding steroid dienone is 3. The molecule has 0 bridgehead atoms. The number of hydrogen-bond donors (Lipinski definition) is 2. The Balaban J connectivity index is 3.97. The first-order chi connectivity index (χ1) is 6.70. The van der Waals surface area contributed by atoms with Gasteiger partial charge in [-0.2, -0.15) is 0 Å². The summed E-state index contributed by atoms with van der Waals surface area (Å²) in [5, 5.41) is 4.77. The summed E-state index contributed by atoms with van der Waals surface area (Å²) in [4.78, 5) is 0. The zero-order valence-corrected chi connectivity index (χ0v) is 8.66. The van der Waals surface area contributed by atoms with E-state index >= 15 is 0 Å². The highest BCUT2D eigenvalue weighted by molar-refractivity contribution is 5.03. The Morgan fingerprint density at radius 3 is 2.79 bits per heavy atom. The maximum atomic E-state index is 11.5. The molecule has 0 spiro atoms. The molecule has 0 amide bonds. The molecular formula is C9H18FN3O. The van der Waals surface area contributed by atoms with Crippen molar-refractivity contribution in [2.45, 2.75) is 19.8 Å². The second kappa shape index (κ2) is 8.68. The average Bonchev–Trinajstić information content (AvgIpc) is 2.12. The zero-order chi connectivity index (χ0) is 10.8. The first-order valence-corrected chi connectivity index (χ1v) is 4.54. The van der Waals surface area contributed by atoms with Crippen LogP contribution in [0.2, 0.25) is 0 Å². The minimum Gasteiger partial charge on any atom is -0.269 e. The van der Waals surface area contributed by atoms with Crippen molar-refractivity contribution in [2.75, 3.05) is 13.6 Å². The van der Waals surface area contributed by atoms with Crippen molar-refractivity contribution < 1.29 is 9.57 Å². The van der Waals surface area contributed by atoms with Crippen LogP contribution in [0.3, 0.4) is 0 Å². The summed E-state index contributed by atoms with van der Waals surface area (Å²) < 4.78 is 11.5. The van der Waals surface area contributed by atoms with Gasteiger partial charge in [0, 0.05) is 7.05 Å². The molecule has 0 saturated carbocycles. The van der Waals surface area contributed by atoms with Crippen molar-refractivity contribution in [3.05, 3.63) is 23.9 Å². The summed E-state index contributed by atoms with van der Waals surface area (Å²) in [7, 11) is 1.69. The second-order valence-electron chi connectivity index (χ2n) is 2.94. The van der Waals surface area contributed by atoms with Crippen LogP contribution in [0, 0.1) is 0 Å². The molecule has 0 heterocycles. The summed E-state index contributed by atoms with van der Waals surface area (Å²) in [5.41, 5.74) is 2.73. The molecular weight excluding hydrogens is 185 g/mol. The van der Waals surface area contributed by atoms with E-state index in [1.807, 2.05) is 18.2 Å². The lowest BCUT2D eigenvalue weighted by Crippen LogP contribution is -2.31. The number of nitrogens with zero attached hydrogens (tertiary/aromatic N) is 1. The molecule has 5 heteroatoms. The average molecular weight is 203 g/mol. The van der Waals surface area contributed by atoms with Gasteiger partial charge in [-0.1, -0.05) is 30.2 Å². The number of halogens is 1. The predicted octanol–water partition coefficient (Wildman–Crippen LogP) is 1.44. The summed E-state index contributed by atoms with van der Waals surface area (Å²) in [6.45, 7) is 2.46. The first-order valence-electron chi connectivity index (χ1n) is 4.54. The molecule has 0 aromatic rings. The van der Waals surface area contributed by atoms with Crippen LogP contribution in [-0.2, 0) is 5.04 Å². The van der Waals surface area contributed by atoms with Crippen molar-refractivity contribution >= 4 is 0 Å². The van der Waals surface area contributed by atoms with E-state index in [-0.39, 0.29) is 0 Å². The molecule has 0 atom stereocenters. The van der Waals surface area contributed by atoms with Crippen molar-refractivity contribution in [3.8, 4) is 0 Å². The SMILES string of the molecule is CC/C=C\C/C=C(/CN(C)N)NOF. The summed E-state index contributed by atoms with van der Waals surface area (Å²) in [5.74, 6) is 5.41. The molecule has 0 radical (unpaired) electrons. The van der Waals surface area contributed by atoms with Crippen LogP contribution in [0.1, 0.15) is 19.8 Å². The van der Waals surface area contributed by atoms with Crippen molar-refractivity contribution in [3.63, 3.8) is 0 Å². The normalized spacial score (nSPS) is 12.8. The molecule has 0 saturated heterocycles. The number of hydrazine groups is 1. The third-order valence-electron chi connectivity index (χ3n) is 1.49. The van der Waals surface area contributed by atoms with Gasteiger partial charge in [0.2, 0.25) is 0 Å². The number of hydroxylamine groups is 1. The quantitative estimate of drug-likeness (QED) is 0.373. The number of rotatable bonds is 7. The minimum absolute atomic E-state index is 0.407. The molecule has 0 aromatic carbocycles. The highest BCUT2D eigenvalue weighted by Crippen LogP contribution is 1.96. The molecule has 82 valence electrons. The largest absolute Gasteiger partial charge is 0.269 e. The van der Waals surface area contributed by atoms with E-state index < -0.39 is 0 Å². The van der Waals surface area contributed by atoms with E-state index in [4.69, 9.17) is 5.84 Å². The Morgan fingerprint density at radius 1 is 1.57 bits per heavy atom. The van der Waals surface area contributed by atoms with Crippen LogP contribution in [0.4, 0.5) is 4.53 Å². The second-order valence-corrected chi connectivity index (χ2v) is 2.94. The third-order valence-corrected chi connectivity index (χ3v) is 1.49. The lowest BCUT2D eigenvalue weighted by molar-refractivity contribution is -0.182. The van der Waals surface area contributed by atoms with E-state index in [1.54, 1.807) is 7.05 Å². The van der Waals surface area contributed by atoms with Crippen LogP contribution in [0.5, 0.6) is 0 Å². The summed E-state index contributed by atoms with van der Waals surface area (Å²) in [6.07, 6.45) is 7.57. The summed E-state index contributed by atoms with van der Waals surface area (Å²) in [6, 6.07) is 0. The van der Waals surface area contributed by atoms with Crippen molar-refractivity contribution in [1.82, 2.24) is 10.5 Å². The van der Waals surface area contributed by atoms with Crippen molar-refractivity contribution in [2.24, 2.45) is 5.84 Å². The van der Waals surface area contributed by atoms with Gasteiger partial charge in [0.05, 0.1) is 12.2 Å². The number of nitrogens with one attached hydrogen (secondary N) is 1. The van der Waals surface area contributed by atoms with Gasteiger partial charge in [-0.3, -0.25) is 5.84 Å². The lowest BCUT2D eigenvalue weighted by Gasteiger charge is -2.11. The Labute approximate surface area is 84.0 Å². The van der Waals surface area contributed by atoms with Crippen LogP contribution in [0.15, 0.2) is 23.9 Å². The standard InChI is InChI=1S/C9H18FN3O/c1-3-4-5-6-7-9(12-14-10)8-13(2)11/h4-5,7,12H,3,6,8,11H2,1-2H3/b5-4-,9-7-. The van der Waals surface area contributed by atoms with Gasteiger partial charge in [0.1, 0.15) is 0 Å².